The molecule has 0 aliphatic rings. The minimum Gasteiger partial charge on any atom is -0.446 e. The number of carbonyl (C=O) groups excluding carboxylic acids is 2. The number of nitrogens with one attached hydrogen (secondary N) is 2. The van der Waals surface area contributed by atoms with E-state index < -0.39 is 0 Å². The SMILES string of the molecule is CCCNC(=O)c1coc(CN(CCC)C(=O)Nc2ccc(C)cc2C)n1. The molecule has 2 N–H and O–H groups in total. The molecular formula is C20H28N4O3. The summed E-state index contributed by atoms with van der Waals surface area (Å²) < 4.78 is 5.39. The number of oxazole rings is 1. The number of hydrogen-bond donors (Lipinski definition) is 2. The lowest BCUT2D eigenvalue weighted by Crippen LogP contribution is -2.35. The van der Waals surface area contributed by atoms with Crippen molar-refractivity contribution in [2.45, 2.75) is 47.1 Å². The summed E-state index contributed by atoms with van der Waals surface area (Å²) in [7, 11) is 0. The molecule has 0 atom stereocenters. The van der Waals surface area contributed by atoms with E-state index in [2.05, 4.69) is 15.6 Å². The number of rotatable bonds is 8. The monoisotopic (exact) mass is 372 g/mol. The third-order valence-electron chi connectivity index (χ3n) is 4.05. The van der Waals surface area contributed by atoms with Gasteiger partial charge in [-0.05, 0) is 38.3 Å². The Morgan fingerprint density at radius 1 is 1.19 bits per heavy atom. The molecular weight excluding hydrogens is 344 g/mol. The molecule has 1 heterocycles. The van der Waals surface area contributed by atoms with Crippen molar-refractivity contribution >= 4 is 17.6 Å². The van der Waals surface area contributed by atoms with Gasteiger partial charge in [0.1, 0.15) is 6.26 Å². The summed E-state index contributed by atoms with van der Waals surface area (Å²) in [5.41, 5.74) is 3.15. The van der Waals surface area contributed by atoms with E-state index in [1.54, 1.807) is 4.90 Å². The van der Waals surface area contributed by atoms with E-state index in [0.29, 0.717) is 19.0 Å². The molecule has 146 valence electrons. The third kappa shape index (κ3) is 5.84. The highest BCUT2D eigenvalue weighted by atomic mass is 16.3. The Balaban J connectivity index is 2.05. The predicted molar refractivity (Wildman–Crippen MR) is 105 cm³/mol. The summed E-state index contributed by atoms with van der Waals surface area (Å²) in [4.78, 5) is 30.5. The molecule has 0 radical (unpaired) electrons. The summed E-state index contributed by atoms with van der Waals surface area (Å²) in [6.07, 6.45) is 2.97. The van der Waals surface area contributed by atoms with Crippen LogP contribution in [0.25, 0.3) is 0 Å². The van der Waals surface area contributed by atoms with Crippen LogP contribution in [0.15, 0.2) is 28.9 Å². The van der Waals surface area contributed by atoms with Gasteiger partial charge in [-0.2, -0.15) is 0 Å². The Morgan fingerprint density at radius 2 is 1.96 bits per heavy atom. The Labute approximate surface area is 160 Å². The molecule has 0 bridgehead atoms. The molecule has 0 unspecified atom stereocenters. The van der Waals surface area contributed by atoms with E-state index in [9.17, 15) is 9.59 Å². The quantitative estimate of drug-likeness (QED) is 0.736. The molecule has 7 nitrogen and oxygen atoms in total. The Hall–Kier alpha value is -2.83. The van der Waals surface area contributed by atoms with Crippen LogP contribution in [0.2, 0.25) is 0 Å². The zero-order valence-electron chi connectivity index (χ0n) is 16.5. The van der Waals surface area contributed by atoms with Crippen molar-refractivity contribution in [1.29, 1.82) is 0 Å². The van der Waals surface area contributed by atoms with Gasteiger partial charge < -0.3 is 20.0 Å². The average Bonchev–Trinajstić information content (AvgIpc) is 3.10. The van der Waals surface area contributed by atoms with Crippen LogP contribution >= 0.6 is 0 Å². The fraction of sp³-hybridized carbons (Fsp3) is 0.450. The van der Waals surface area contributed by atoms with E-state index in [1.807, 2.05) is 45.9 Å². The fourth-order valence-electron chi connectivity index (χ4n) is 2.65. The van der Waals surface area contributed by atoms with Crippen molar-refractivity contribution in [1.82, 2.24) is 15.2 Å². The van der Waals surface area contributed by atoms with Gasteiger partial charge in [-0.3, -0.25) is 4.79 Å². The normalized spacial score (nSPS) is 10.5. The highest BCUT2D eigenvalue weighted by Crippen LogP contribution is 2.17. The van der Waals surface area contributed by atoms with Crippen LogP contribution in [0.5, 0.6) is 0 Å². The average molecular weight is 372 g/mol. The molecule has 2 rings (SSSR count). The second-order valence-corrected chi connectivity index (χ2v) is 6.55. The van der Waals surface area contributed by atoms with Crippen LogP contribution in [0, 0.1) is 13.8 Å². The van der Waals surface area contributed by atoms with E-state index in [4.69, 9.17) is 4.42 Å². The molecule has 0 saturated heterocycles. The predicted octanol–water partition coefficient (Wildman–Crippen LogP) is 3.88. The van der Waals surface area contributed by atoms with E-state index in [0.717, 1.165) is 29.7 Å². The first-order valence-corrected chi connectivity index (χ1v) is 9.30. The van der Waals surface area contributed by atoms with Gasteiger partial charge in [-0.25, -0.2) is 9.78 Å². The first kappa shape index (κ1) is 20.5. The Morgan fingerprint density at radius 3 is 2.63 bits per heavy atom. The van der Waals surface area contributed by atoms with Crippen LogP contribution in [0.4, 0.5) is 10.5 Å². The maximum atomic E-state index is 12.7. The minimum atomic E-state index is -0.270. The topological polar surface area (TPSA) is 87.5 Å². The molecule has 0 saturated carbocycles. The number of benzene rings is 1. The highest BCUT2D eigenvalue weighted by Gasteiger charge is 2.18. The van der Waals surface area contributed by atoms with Gasteiger partial charge >= 0.3 is 6.03 Å². The number of amides is 3. The molecule has 0 spiro atoms. The first-order chi connectivity index (χ1) is 12.9. The molecule has 1 aromatic heterocycles. The van der Waals surface area contributed by atoms with Crippen LogP contribution in [-0.4, -0.2) is 34.9 Å². The Kier molecular flexibility index (Phi) is 7.40. The van der Waals surface area contributed by atoms with E-state index in [-0.39, 0.29) is 24.2 Å². The molecule has 2 aromatic rings. The number of carbonyl (C=O) groups is 2. The van der Waals surface area contributed by atoms with E-state index in [1.165, 1.54) is 6.26 Å². The van der Waals surface area contributed by atoms with Crippen molar-refractivity contribution in [3.8, 4) is 0 Å². The molecule has 3 amide bonds. The zero-order valence-corrected chi connectivity index (χ0v) is 16.5. The molecule has 27 heavy (non-hydrogen) atoms. The number of anilines is 1. The van der Waals surface area contributed by atoms with Crippen molar-refractivity contribution in [3.05, 3.63) is 47.2 Å². The number of nitrogens with zero attached hydrogens (tertiary/aromatic N) is 2. The first-order valence-electron chi connectivity index (χ1n) is 9.30. The molecule has 0 aliphatic carbocycles. The lowest BCUT2D eigenvalue weighted by molar-refractivity contribution is 0.0948. The van der Waals surface area contributed by atoms with Gasteiger partial charge in [-0.15, -0.1) is 0 Å². The largest absolute Gasteiger partial charge is 0.446 e. The van der Waals surface area contributed by atoms with Gasteiger partial charge in [0.15, 0.2) is 5.69 Å². The fourth-order valence-corrected chi connectivity index (χ4v) is 2.65. The third-order valence-corrected chi connectivity index (χ3v) is 4.05. The standard InChI is InChI=1S/C20H28N4O3/c1-5-9-21-19(25)17-13-27-18(22-17)12-24(10-6-2)20(26)23-16-8-7-14(3)11-15(16)4/h7-8,11,13H,5-6,9-10,12H2,1-4H3,(H,21,25)(H,23,26). The van der Waals surface area contributed by atoms with Gasteiger partial charge in [0.25, 0.3) is 5.91 Å². The van der Waals surface area contributed by atoms with Crippen LogP contribution in [-0.2, 0) is 6.54 Å². The number of aryl methyl sites for hydroxylation is 2. The summed E-state index contributed by atoms with van der Waals surface area (Å²) in [6, 6.07) is 5.66. The van der Waals surface area contributed by atoms with Crippen molar-refractivity contribution < 1.29 is 14.0 Å². The van der Waals surface area contributed by atoms with Crippen LogP contribution < -0.4 is 10.6 Å². The number of hydrogen-bond acceptors (Lipinski definition) is 4. The zero-order chi connectivity index (χ0) is 19.8. The smallest absolute Gasteiger partial charge is 0.322 e. The lowest BCUT2D eigenvalue weighted by atomic mass is 10.1. The van der Waals surface area contributed by atoms with Gasteiger partial charge in [0.05, 0.1) is 6.54 Å². The maximum absolute atomic E-state index is 12.7. The van der Waals surface area contributed by atoms with Crippen molar-refractivity contribution in [3.63, 3.8) is 0 Å². The second-order valence-electron chi connectivity index (χ2n) is 6.55. The van der Waals surface area contributed by atoms with Crippen molar-refractivity contribution in [2.75, 3.05) is 18.4 Å². The summed E-state index contributed by atoms with van der Waals surface area (Å²) in [5.74, 6) is 0.0644. The molecule has 0 fully saturated rings. The molecule has 7 heteroatoms. The van der Waals surface area contributed by atoms with Crippen LogP contribution in [0.1, 0.15) is 54.2 Å². The molecule has 0 aliphatic heterocycles. The summed E-state index contributed by atoms with van der Waals surface area (Å²) in [6.45, 7) is 9.28. The van der Waals surface area contributed by atoms with Crippen molar-refractivity contribution in [2.24, 2.45) is 0 Å². The van der Waals surface area contributed by atoms with Gasteiger partial charge in [0.2, 0.25) is 5.89 Å². The second kappa shape index (κ2) is 9.75. The van der Waals surface area contributed by atoms with E-state index >= 15 is 0 Å². The van der Waals surface area contributed by atoms with Gasteiger partial charge in [0, 0.05) is 18.8 Å². The summed E-state index contributed by atoms with van der Waals surface area (Å²) >= 11 is 0. The Bertz CT molecular complexity index is 785. The molecule has 1 aromatic carbocycles. The van der Waals surface area contributed by atoms with Gasteiger partial charge in [-0.1, -0.05) is 31.5 Å². The highest BCUT2D eigenvalue weighted by molar-refractivity contribution is 5.92. The van der Waals surface area contributed by atoms with Crippen LogP contribution in [0.3, 0.4) is 0 Å². The summed E-state index contributed by atoms with van der Waals surface area (Å²) in [5, 5.41) is 5.69. The number of aromatic nitrogens is 1. The lowest BCUT2D eigenvalue weighted by Gasteiger charge is -2.21. The maximum Gasteiger partial charge on any atom is 0.322 e. The number of urea groups is 1. The minimum absolute atomic E-state index is 0.200.